The van der Waals surface area contributed by atoms with Gasteiger partial charge in [-0.05, 0) is 48.9 Å². The number of fused-ring (bicyclic) bond motifs is 5. The van der Waals surface area contributed by atoms with E-state index >= 15 is 0 Å². The van der Waals surface area contributed by atoms with Gasteiger partial charge in [0, 0.05) is 25.3 Å². The van der Waals surface area contributed by atoms with E-state index in [1.54, 1.807) is 32.3 Å². The fraction of sp³-hybridized carbons (Fsp3) is 0.286. The van der Waals surface area contributed by atoms with Gasteiger partial charge in [0.2, 0.25) is 0 Å². The van der Waals surface area contributed by atoms with Gasteiger partial charge in [0.1, 0.15) is 11.9 Å². The number of amidine groups is 1. The van der Waals surface area contributed by atoms with E-state index in [9.17, 15) is 9.59 Å². The molecule has 0 saturated heterocycles. The highest BCUT2D eigenvalue weighted by Crippen LogP contribution is 2.32. The molecule has 2 aliphatic rings. The van der Waals surface area contributed by atoms with E-state index in [-0.39, 0.29) is 25.0 Å². The minimum Gasteiger partial charge on any atom is -0.480 e. The first-order chi connectivity index (χ1) is 13.8. The van der Waals surface area contributed by atoms with E-state index in [4.69, 9.17) is 15.2 Å². The summed E-state index contributed by atoms with van der Waals surface area (Å²) in [5.74, 6) is 0.857. The molecule has 2 aliphatic heterocycles. The average Bonchev–Trinajstić information content (AvgIpc) is 2.71. The molecule has 1 amide bonds. The number of nitrogens with two attached hydrogens (primary N) is 1. The lowest BCUT2D eigenvalue weighted by Crippen LogP contribution is -2.27. The largest absolute Gasteiger partial charge is 0.480 e. The number of amides is 1. The number of ether oxygens (including phenoxy) is 2. The number of anilines is 1. The molecule has 0 aliphatic carbocycles. The van der Waals surface area contributed by atoms with E-state index in [1.807, 2.05) is 24.3 Å². The molecule has 2 aromatic rings. The molecular weight excluding hydrogens is 372 g/mol. The molecule has 0 saturated carbocycles. The van der Waals surface area contributed by atoms with E-state index in [0.29, 0.717) is 22.9 Å². The standard InChI is InChI=1S/C21H24N4O4/c1-13(26)20-15-6-9-17(28-11-19(27)25(2)3)18(10-15)29-12-23-21(22)14-4-7-16(24-20)8-5-14/h4-10,20,24H,11-12H2,1-3H3,(H2,22,23). The number of nitrogens with zero attached hydrogens (tertiary/aromatic N) is 2. The first kappa shape index (κ1) is 20.2. The van der Waals surface area contributed by atoms with E-state index in [1.165, 1.54) is 11.8 Å². The Hall–Kier alpha value is -3.55. The number of ketones is 1. The fourth-order valence-electron chi connectivity index (χ4n) is 2.79. The maximum absolute atomic E-state index is 12.3. The number of hydrogen-bond acceptors (Lipinski definition) is 7. The van der Waals surface area contributed by atoms with Gasteiger partial charge in [0.25, 0.3) is 5.91 Å². The molecule has 29 heavy (non-hydrogen) atoms. The molecule has 152 valence electrons. The van der Waals surface area contributed by atoms with Gasteiger partial charge in [-0.3, -0.25) is 9.59 Å². The number of aliphatic imine (C=N–C) groups is 1. The van der Waals surface area contributed by atoms with E-state index in [0.717, 1.165) is 11.3 Å². The summed E-state index contributed by atoms with van der Waals surface area (Å²) in [6.07, 6.45) is 0. The molecule has 8 nitrogen and oxygen atoms in total. The number of carbonyl (C=O) groups excluding carboxylic acids is 2. The van der Waals surface area contributed by atoms with Crippen LogP contribution in [0.5, 0.6) is 11.5 Å². The van der Waals surface area contributed by atoms with E-state index < -0.39 is 6.04 Å². The zero-order valence-corrected chi connectivity index (χ0v) is 16.6. The van der Waals surface area contributed by atoms with Gasteiger partial charge in [-0.25, -0.2) is 4.99 Å². The summed E-state index contributed by atoms with van der Waals surface area (Å²) in [6.45, 7) is 1.35. The molecule has 2 aromatic carbocycles. The molecule has 3 N–H and O–H groups in total. The molecule has 0 aromatic heterocycles. The SMILES string of the molecule is CC(=O)C1Nc2ccc(cc2)/C(N)=N\COc2cc1ccc2OCC(=O)N(C)C. The van der Waals surface area contributed by atoms with E-state index in [2.05, 4.69) is 10.3 Å². The van der Waals surface area contributed by atoms with Crippen LogP contribution in [0.4, 0.5) is 5.69 Å². The number of nitrogens with one attached hydrogen (secondary N) is 1. The number of carbonyl (C=O) groups is 2. The lowest BCUT2D eigenvalue weighted by molar-refractivity contribution is -0.130. The molecule has 0 radical (unpaired) electrons. The van der Waals surface area contributed by atoms with Crippen molar-refractivity contribution in [3.8, 4) is 11.5 Å². The van der Waals surface area contributed by atoms with Gasteiger partial charge >= 0.3 is 0 Å². The van der Waals surface area contributed by atoms with Crippen molar-refractivity contribution in [3.05, 3.63) is 53.6 Å². The lowest BCUT2D eigenvalue weighted by Gasteiger charge is -2.20. The van der Waals surface area contributed by atoms with Crippen molar-refractivity contribution < 1.29 is 19.1 Å². The summed E-state index contributed by atoms with van der Waals surface area (Å²) in [5.41, 5.74) is 8.26. The number of Topliss-reactive ketones (excluding diaryl/α,β-unsaturated/α-hetero) is 1. The molecule has 2 heterocycles. The quantitative estimate of drug-likeness (QED) is 0.818. The van der Waals surface area contributed by atoms with Gasteiger partial charge in [-0.15, -0.1) is 0 Å². The van der Waals surface area contributed by atoms with Crippen molar-refractivity contribution in [3.63, 3.8) is 0 Å². The van der Waals surface area contributed by atoms with Crippen LogP contribution in [-0.2, 0) is 9.59 Å². The first-order valence-electron chi connectivity index (χ1n) is 9.12. The first-order valence-corrected chi connectivity index (χ1v) is 9.12. The topological polar surface area (TPSA) is 106 Å². The molecule has 4 rings (SSSR count). The van der Waals surface area contributed by atoms with Crippen LogP contribution in [-0.4, -0.2) is 49.9 Å². The van der Waals surface area contributed by atoms with Crippen LogP contribution in [0, 0.1) is 0 Å². The van der Waals surface area contributed by atoms with Gasteiger partial charge < -0.3 is 25.4 Å². The minimum atomic E-state index is -0.570. The zero-order valence-electron chi connectivity index (χ0n) is 16.6. The minimum absolute atomic E-state index is 0.0345. The van der Waals surface area contributed by atoms with Crippen molar-refractivity contribution >= 4 is 23.2 Å². The zero-order chi connectivity index (χ0) is 21.0. The van der Waals surface area contributed by atoms with Crippen molar-refractivity contribution in [2.24, 2.45) is 10.7 Å². The maximum Gasteiger partial charge on any atom is 0.259 e. The highest BCUT2D eigenvalue weighted by molar-refractivity contribution is 5.97. The Morgan fingerprint density at radius 3 is 2.62 bits per heavy atom. The lowest BCUT2D eigenvalue weighted by atomic mass is 10.0. The fourth-order valence-corrected chi connectivity index (χ4v) is 2.79. The van der Waals surface area contributed by atoms with Crippen LogP contribution in [0.15, 0.2) is 47.5 Å². The summed E-state index contributed by atoms with van der Waals surface area (Å²) in [4.78, 5) is 29.8. The van der Waals surface area contributed by atoms with Gasteiger partial charge in [0.05, 0.1) is 0 Å². The average molecular weight is 396 g/mol. The van der Waals surface area contributed by atoms with Crippen LogP contribution in [0.25, 0.3) is 0 Å². The smallest absolute Gasteiger partial charge is 0.259 e. The Morgan fingerprint density at radius 1 is 1.24 bits per heavy atom. The monoisotopic (exact) mass is 396 g/mol. The highest BCUT2D eigenvalue weighted by Gasteiger charge is 2.20. The second-order valence-corrected chi connectivity index (χ2v) is 6.87. The summed E-state index contributed by atoms with van der Waals surface area (Å²) in [5, 5.41) is 3.23. The Bertz CT molecular complexity index is 938. The van der Waals surface area contributed by atoms with Gasteiger partial charge in [-0.2, -0.15) is 0 Å². The molecule has 0 fully saturated rings. The molecule has 0 spiro atoms. The summed E-state index contributed by atoms with van der Waals surface area (Å²) < 4.78 is 11.4. The third-order valence-electron chi connectivity index (χ3n) is 4.50. The van der Waals surface area contributed by atoms with Crippen molar-refractivity contribution in [1.82, 2.24) is 4.90 Å². The Balaban J connectivity index is 1.98. The number of hydrogen-bond donors (Lipinski definition) is 2. The van der Waals surface area contributed by atoms with Crippen LogP contribution in [0.2, 0.25) is 0 Å². The second kappa shape index (κ2) is 8.64. The molecule has 1 atom stereocenters. The Morgan fingerprint density at radius 2 is 1.97 bits per heavy atom. The van der Waals surface area contributed by atoms with Crippen LogP contribution >= 0.6 is 0 Å². The van der Waals surface area contributed by atoms with Crippen molar-refractivity contribution in [1.29, 1.82) is 0 Å². The third-order valence-corrected chi connectivity index (χ3v) is 4.50. The van der Waals surface area contributed by atoms with Crippen molar-refractivity contribution in [2.45, 2.75) is 13.0 Å². The van der Waals surface area contributed by atoms with Crippen LogP contribution in [0.3, 0.4) is 0 Å². The summed E-state index contributed by atoms with van der Waals surface area (Å²) in [7, 11) is 3.31. The van der Waals surface area contributed by atoms with Crippen molar-refractivity contribution in [2.75, 3.05) is 32.7 Å². The molecule has 1 unspecified atom stereocenters. The van der Waals surface area contributed by atoms with Gasteiger partial charge in [-0.1, -0.05) is 6.07 Å². The number of likely N-dealkylation sites (N-methyl/N-ethyl adjacent to an activating group) is 1. The molecular formula is C21H24N4O4. The number of rotatable bonds is 4. The highest BCUT2D eigenvalue weighted by atomic mass is 16.5. The number of benzene rings is 2. The molecule has 8 heteroatoms. The predicted octanol–water partition coefficient (Wildman–Crippen LogP) is 1.95. The summed E-state index contributed by atoms with van der Waals surface area (Å²) >= 11 is 0. The summed E-state index contributed by atoms with van der Waals surface area (Å²) in [6, 6.07) is 11.9. The Kier molecular flexibility index (Phi) is 6.01. The normalized spacial score (nSPS) is 17.3. The van der Waals surface area contributed by atoms with Crippen LogP contribution in [0.1, 0.15) is 24.1 Å². The maximum atomic E-state index is 12.3. The second-order valence-electron chi connectivity index (χ2n) is 6.87. The predicted molar refractivity (Wildman–Crippen MR) is 110 cm³/mol. The van der Waals surface area contributed by atoms with Gasteiger partial charge in [0.15, 0.2) is 30.6 Å². The molecule has 4 bridgehead atoms. The Labute approximate surface area is 169 Å². The van der Waals surface area contributed by atoms with Crippen LogP contribution < -0.4 is 20.5 Å². The third kappa shape index (κ3) is 4.84.